The zero-order chi connectivity index (χ0) is 33.1. The first-order valence-corrected chi connectivity index (χ1v) is 18.1. The summed E-state index contributed by atoms with van der Waals surface area (Å²) in [5.74, 6) is 0.711. The third kappa shape index (κ3) is 5.91. The molecule has 1 aromatic carbocycles. The molecule has 1 atom stereocenters. The van der Waals surface area contributed by atoms with Crippen molar-refractivity contribution in [3.8, 4) is 11.4 Å². The molecule has 4 aliphatic rings. The molecule has 2 saturated carbocycles. The van der Waals surface area contributed by atoms with Crippen molar-refractivity contribution in [1.29, 1.82) is 0 Å². The fourth-order valence-electron chi connectivity index (χ4n) is 8.58. The van der Waals surface area contributed by atoms with E-state index >= 15 is 4.39 Å². The Kier molecular flexibility index (Phi) is 8.27. The molecular weight excluding hydrogens is 607 g/mol. The maximum absolute atomic E-state index is 15.3. The lowest BCUT2D eigenvalue weighted by Gasteiger charge is -2.36. The molecule has 3 aromatic heterocycles. The van der Waals surface area contributed by atoms with Crippen LogP contribution in [0.5, 0.6) is 0 Å². The van der Waals surface area contributed by atoms with Crippen molar-refractivity contribution in [2.45, 2.75) is 95.7 Å². The van der Waals surface area contributed by atoms with Crippen molar-refractivity contribution in [2.24, 2.45) is 17.6 Å². The van der Waals surface area contributed by atoms with Gasteiger partial charge in [0, 0.05) is 61.8 Å². The van der Waals surface area contributed by atoms with Gasteiger partial charge in [-0.05, 0) is 119 Å². The molecule has 4 fully saturated rings. The lowest BCUT2D eigenvalue weighted by molar-refractivity contribution is -0.138. The number of aliphatic hydroxyl groups is 1. The number of nitrogens with two attached hydrogens (primary N) is 1. The molecule has 0 spiro atoms. The third-order valence-corrected chi connectivity index (χ3v) is 11.5. The van der Waals surface area contributed by atoms with E-state index in [0.29, 0.717) is 44.0 Å². The van der Waals surface area contributed by atoms with Crippen LogP contribution < -0.4 is 5.73 Å². The summed E-state index contributed by atoms with van der Waals surface area (Å²) in [5, 5.41) is 15.8. The van der Waals surface area contributed by atoms with Gasteiger partial charge < -0.3 is 25.2 Å². The molecule has 3 N–H and O–H groups in total. The molecule has 9 nitrogen and oxygen atoms in total. The van der Waals surface area contributed by atoms with Gasteiger partial charge in [0.15, 0.2) is 0 Å². The number of rotatable bonds is 6. The summed E-state index contributed by atoms with van der Waals surface area (Å²) >= 11 is 0. The molecule has 48 heavy (non-hydrogen) atoms. The molecule has 2 aliphatic heterocycles. The van der Waals surface area contributed by atoms with E-state index in [1.807, 2.05) is 32.6 Å². The standard InChI is InChI=1S/C38H47FN6O3/c1-23-33-11-8-27(38(48)43-14-2-3-30(40)22-43)21-45(33)41-35(23)34-18-28-17-29(39)19-32(36(28)44(34)20-24-4-5-24)25-12-15-42(16-13-25)37(47)26-6-9-31(46)10-7-26/h8,11,17-19,21,24-26,30-31,46H,2-7,9-10,12-16,20,22,40H2,1H3/t26-,30-,31+/m1/s1. The van der Waals surface area contributed by atoms with Gasteiger partial charge in [0.2, 0.25) is 5.91 Å². The van der Waals surface area contributed by atoms with E-state index in [-0.39, 0.29) is 41.6 Å². The van der Waals surface area contributed by atoms with Gasteiger partial charge >= 0.3 is 0 Å². The highest BCUT2D eigenvalue weighted by Gasteiger charge is 2.33. The van der Waals surface area contributed by atoms with Gasteiger partial charge in [0.05, 0.1) is 28.4 Å². The number of nitrogens with zero attached hydrogens (tertiary/aromatic N) is 5. The molecule has 0 unspecified atom stereocenters. The maximum atomic E-state index is 15.3. The molecule has 10 heteroatoms. The number of halogens is 1. The Balaban J connectivity index is 1.11. The Bertz CT molecular complexity index is 1860. The fraction of sp³-hybridized carbons (Fsp3) is 0.553. The van der Waals surface area contributed by atoms with E-state index in [4.69, 9.17) is 10.8 Å². The first kappa shape index (κ1) is 31.5. The Labute approximate surface area is 280 Å². The number of amides is 2. The van der Waals surface area contributed by atoms with Crippen molar-refractivity contribution in [2.75, 3.05) is 26.2 Å². The number of pyridine rings is 1. The average Bonchev–Trinajstić information content (AvgIpc) is 3.77. The Morgan fingerprint density at radius 1 is 0.958 bits per heavy atom. The molecule has 0 radical (unpaired) electrons. The van der Waals surface area contributed by atoms with Gasteiger partial charge in [-0.15, -0.1) is 0 Å². The highest BCUT2D eigenvalue weighted by atomic mass is 19.1. The minimum atomic E-state index is -0.276. The lowest BCUT2D eigenvalue weighted by Crippen LogP contribution is -2.45. The van der Waals surface area contributed by atoms with Crippen molar-refractivity contribution in [1.82, 2.24) is 24.0 Å². The zero-order valence-electron chi connectivity index (χ0n) is 27.9. The highest BCUT2D eigenvalue weighted by molar-refractivity contribution is 5.95. The number of hydrogen-bond acceptors (Lipinski definition) is 5. The predicted molar refractivity (Wildman–Crippen MR) is 183 cm³/mol. The van der Waals surface area contributed by atoms with Gasteiger partial charge in [-0.2, -0.15) is 5.10 Å². The Hall–Kier alpha value is -3.76. The van der Waals surface area contributed by atoms with Crippen LogP contribution in [0.1, 0.15) is 91.6 Å². The molecular formula is C38H47FN6O3. The van der Waals surface area contributed by atoms with Crippen LogP contribution in [0.3, 0.4) is 0 Å². The Morgan fingerprint density at radius 3 is 2.46 bits per heavy atom. The second-order valence-corrected chi connectivity index (χ2v) is 15.0. The largest absolute Gasteiger partial charge is 0.393 e. The van der Waals surface area contributed by atoms with Crippen LogP contribution in [0, 0.1) is 24.6 Å². The van der Waals surface area contributed by atoms with E-state index in [1.54, 1.807) is 12.1 Å². The minimum Gasteiger partial charge on any atom is -0.393 e. The molecule has 5 heterocycles. The van der Waals surface area contributed by atoms with Crippen molar-refractivity contribution in [3.63, 3.8) is 0 Å². The van der Waals surface area contributed by atoms with Crippen molar-refractivity contribution < 1.29 is 19.1 Å². The maximum Gasteiger partial charge on any atom is 0.255 e. The van der Waals surface area contributed by atoms with Crippen LogP contribution in [0.15, 0.2) is 36.5 Å². The molecule has 0 bridgehead atoms. The van der Waals surface area contributed by atoms with Crippen LogP contribution >= 0.6 is 0 Å². The number of aliphatic hydroxyl groups excluding tert-OH is 1. The molecule has 2 saturated heterocycles. The summed E-state index contributed by atoms with van der Waals surface area (Å²) in [4.78, 5) is 30.5. The third-order valence-electron chi connectivity index (χ3n) is 11.5. The monoisotopic (exact) mass is 654 g/mol. The van der Waals surface area contributed by atoms with Crippen LogP contribution in [0.25, 0.3) is 27.8 Å². The number of fused-ring (bicyclic) bond motifs is 2. The SMILES string of the molecule is Cc1c(-c2cc3cc(F)cc(C4CCN(C(=O)[C@H]5CC[C@@H](O)CC5)CC4)c3n2CC2CC2)nn2cc(C(=O)N3CCC[C@@H](N)C3)ccc12. The molecule has 8 rings (SSSR count). The van der Waals surface area contributed by atoms with Gasteiger partial charge in [-0.25, -0.2) is 8.91 Å². The summed E-state index contributed by atoms with van der Waals surface area (Å²) in [7, 11) is 0. The number of likely N-dealkylation sites (tertiary alicyclic amines) is 2. The summed E-state index contributed by atoms with van der Waals surface area (Å²) < 4.78 is 19.5. The summed E-state index contributed by atoms with van der Waals surface area (Å²) in [6.45, 7) is 5.56. The number of aromatic nitrogens is 3. The Morgan fingerprint density at radius 2 is 1.73 bits per heavy atom. The van der Waals surface area contributed by atoms with E-state index in [1.165, 1.54) is 12.8 Å². The highest BCUT2D eigenvalue weighted by Crippen LogP contribution is 2.42. The number of aryl methyl sites for hydroxylation is 1. The summed E-state index contributed by atoms with van der Waals surface area (Å²) in [5.41, 5.74) is 12.7. The second kappa shape index (κ2) is 12.6. The predicted octanol–water partition coefficient (Wildman–Crippen LogP) is 5.63. The quantitative estimate of drug-likeness (QED) is 0.280. The lowest BCUT2D eigenvalue weighted by atomic mass is 9.84. The molecule has 2 amide bonds. The van der Waals surface area contributed by atoms with Gasteiger partial charge in [-0.1, -0.05) is 0 Å². The number of piperidine rings is 2. The van der Waals surface area contributed by atoms with Crippen molar-refractivity contribution >= 4 is 28.2 Å². The topological polar surface area (TPSA) is 109 Å². The number of hydrogen-bond donors (Lipinski definition) is 2. The van der Waals surface area contributed by atoms with Crippen molar-refractivity contribution in [3.05, 3.63) is 59.0 Å². The van der Waals surface area contributed by atoms with E-state index < -0.39 is 0 Å². The number of carbonyl (C=O) groups excluding carboxylic acids is 2. The smallest absolute Gasteiger partial charge is 0.255 e. The van der Waals surface area contributed by atoms with Crippen LogP contribution in [0.4, 0.5) is 4.39 Å². The number of benzene rings is 1. The fourth-order valence-corrected chi connectivity index (χ4v) is 8.58. The van der Waals surface area contributed by atoms with Crippen LogP contribution in [-0.2, 0) is 11.3 Å². The number of carbonyl (C=O) groups is 2. The van der Waals surface area contributed by atoms with Gasteiger partial charge in [0.25, 0.3) is 5.91 Å². The van der Waals surface area contributed by atoms with Gasteiger partial charge in [0.1, 0.15) is 11.5 Å². The van der Waals surface area contributed by atoms with E-state index in [0.717, 1.165) is 90.5 Å². The van der Waals surface area contributed by atoms with E-state index in [9.17, 15) is 14.7 Å². The van der Waals surface area contributed by atoms with Crippen LogP contribution in [-0.4, -0.2) is 79.2 Å². The molecule has 2 aliphatic carbocycles. The minimum absolute atomic E-state index is 0.00935. The molecule has 254 valence electrons. The summed E-state index contributed by atoms with van der Waals surface area (Å²) in [6.07, 6.45) is 10.3. The average molecular weight is 655 g/mol. The van der Waals surface area contributed by atoms with E-state index in [2.05, 4.69) is 17.6 Å². The normalized spacial score (nSPS) is 24.1. The van der Waals surface area contributed by atoms with Crippen LogP contribution in [0.2, 0.25) is 0 Å². The molecule has 4 aromatic rings. The second-order valence-electron chi connectivity index (χ2n) is 15.0. The first-order valence-electron chi connectivity index (χ1n) is 18.1. The van der Waals surface area contributed by atoms with Gasteiger partial charge in [-0.3, -0.25) is 9.59 Å². The first-order chi connectivity index (χ1) is 23.2. The summed E-state index contributed by atoms with van der Waals surface area (Å²) in [6, 6.07) is 9.34. The zero-order valence-corrected chi connectivity index (χ0v) is 27.9.